The summed E-state index contributed by atoms with van der Waals surface area (Å²) in [5.74, 6) is -0.393. The lowest BCUT2D eigenvalue weighted by atomic mass is 9.97. The smallest absolute Gasteiger partial charge is 0.250 e. The number of benzene rings is 2. The molecule has 1 aliphatic carbocycles. The van der Waals surface area contributed by atoms with E-state index in [1.165, 1.54) is 25.0 Å². The van der Waals surface area contributed by atoms with Crippen LogP contribution in [0.4, 0.5) is 4.39 Å². The summed E-state index contributed by atoms with van der Waals surface area (Å²) in [6.07, 6.45) is 7.18. The Hall–Kier alpha value is -2.69. The Kier molecular flexibility index (Phi) is 6.46. The second kappa shape index (κ2) is 9.41. The van der Waals surface area contributed by atoms with Crippen LogP contribution in [0.15, 0.2) is 54.6 Å². The van der Waals surface area contributed by atoms with E-state index in [0.29, 0.717) is 18.5 Å². The number of carbonyl (C=O) groups excluding carboxylic acids is 2. The SMILES string of the molecule is O=C1C(c2ccc(F)cc2)N(CCc2ccccc2)C(=O)CN1C1CCCCCC1. The Balaban J connectivity index is 1.60. The van der Waals surface area contributed by atoms with Crippen LogP contribution in [0.1, 0.15) is 55.7 Å². The molecule has 30 heavy (non-hydrogen) atoms. The summed E-state index contributed by atoms with van der Waals surface area (Å²) in [5.41, 5.74) is 1.81. The summed E-state index contributed by atoms with van der Waals surface area (Å²) < 4.78 is 13.5. The van der Waals surface area contributed by atoms with Gasteiger partial charge in [-0.2, -0.15) is 0 Å². The van der Waals surface area contributed by atoms with Crippen LogP contribution in [0, 0.1) is 5.82 Å². The Labute approximate surface area is 177 Å². The lowest BCUT2D eigenvalue weighted by Gasteiger charge is -2.43. The number of amides is 2. The number of piperazine rings is 1. The topological polar surface area (TPSA) is 40.6 Å². The predicted molar refractivity (Wildman–Crippen MR) is 114 cm³/mol. The molecular weight excluding hydrogens is 379 g/mol. The van der Waals surface area contributed by atoms with Crippen molar-refractivity contribution in [2.45, 2.75) is 57.0 Å². The minimum absolute atomic E-state index is 0.0240. The van der Waals surface area contributed by atoms with E-state index in [1.807, 2.05) is 30.3 Å². The highest BCUT2D eigenvalue weighted by Crippen LogP contribution is 2.32. The van der Waals surface area contributed by atoms with Crippen molar-refractivity contribution in [1.29, 1.82) is 0 Å². The zero-order valence-corrected chi connectivity index (χ0v) is 17.3. The zero-order chi connectivity index (χ0) is 20.9. The highest BCUT2D eigenvalue weighted by Gasteiger charge is 2.42. The van der Waals surface area contributed by atoms with Gasteiger partial charge in [0.15, 0.2) is 0 Å². The van der Waals surface area contributed by atoms with Crippen LogP contribution in [0.5, 0.6) is 0 Å². The molecule has 0 spiro atoms. The lowest BCUT2D eigenvalue weighted by Crippen LogP contribution is -2.58. The first-order chi connectivity index (χ1) is 14.6. The van der Waals surface area contributed by atoms with Gasteiger partial charge in [-0.25, -0.2) is 4.39 Å². The highest BCUT2D eigenvalue weighted by molar-refractivity contribution is 5.95. The maximum atomic E-state index is 13.6. The van der Waals surface area contributed by atoms with Crippen molar-refractivity contribution in [3.63, 3.8) is 0 Å². The average molecular weight is 409 g/mol. The molecule has 1 atom stereocenters. The van der Waals surface area contributed by atoms with Gasteiger partial charge in [0, 0.05) is 12.6 Å². The molecule has 0 aromatic heterocycles. The molecule has 4 rings (SSSR count). The molecule has 1 unspecified atom stereocenters. The first kappa shape index (κ1) is 20.6. The van der Waals surface area contributed by atoms with Crippen molar-refractivity contribution in [3.8, 4) is 0 Å². The van der Waals surface area contributed by atoms with Gasteiger partial charge >= 0.3 is 0 Å². The summed E-state index contributed by atoms with van der Waals surface area (Å²) >= 11 is 0. The Morgan fingerprint density at radius 1 is 0.867 bits per heavy atom. The van der Waals surface area contributed by atoms with E-state index in [4.69, 9.17) is 0 Å². The molecule has 5 heteroatoms. The van der Waals surface area contributed by atoms with Crippen LogP contribution in [-0.4, -0.2) is 40.7 Å². The molecule has 158 valence electrons. The molecule has 1 saturated heterocycles. The second-order valence-corrected chi connectivity index (χ2v) is 8.39. The minimum atomic E-state index is -0.682. The Bertz CT molecular complexity index is 860. The van der Waals surface area contributed by atoms with Gasteiger partial charge in [-0.1, -0.05) is 68.1 Å². The van der Waals surface area contributed by atoms with Crippen LogP contribution in [0.25, 0.3) is 0 Å². The number of hydrogen-bond donors (Lipinski definition) is 0. The average Bonchev–Trinajstić information content (AvgIpc) is 3.05. The molecule has 2 aromatic rings. The van der Waals surface area contributed by atoms with Gasteiger partial charge in [-0.15, -0.1) is 0 Å². The van der Waals surface area contributed by atoms with Crippen LogP contribution in [0.3, 0.4) is 0 Å². The molecule has 2 amide bonds. The third-order valence-electron chi connectivity index (χ3n) is 6.39. The summed E-state index contributed by atoms with van der Waals surface area (Å²) in [6.45, 7) is 0.616. The fraction of sp³-hybridized carbons (Fsp3) is 0.440. The standard InChI is InChI=1S/C25H29FN2O2/c26-21-14-12-20(13-15-21)24-25(30)28(22-10-6-1-2-7-11-22)18-23(29)27(24)17-16-19-8-4-3-5-9-19/h3-5,8-9,12-15,22,24H,1-2,6-7,10-11,16-18H2. The lowest BCUT2D eigenvalue weighted by molar-refractivity contribution is -0.158. The molecule has 2 aromatic carbocycles. The normalized spacial score (nSPS) is 21.0. The van der Waals surface area contributed by atoms with E-state index in [1.54, 1.807) is 21.9 Å². The third kappa shape index (κ3) is 4.55. The van der Waals surface area contributed by atoms with E-state index in [2.05, 4.69) is 0 Å². The largest absolute Gasteiger partial charge is 0.328 e. The van der Waals surface area contributed by atoms with Gasteiger partial charge in [0.05, 0.1) is 0 Å². The van der Waals surface area contributed by atoms with Crippen molar-refractivity contribution in [3.05, 3.63) is 71.5 Å². The van der Waals surface area contributed by atoms with Crippen LogP contribution >= 0.6 is 0 Å². The Morgan fingerprint density at radius 2 is 1.53 bits per heavy atom. The molecule has 2 fully saturated rings. The highest BCUT2D eigenvalue weighted by atomic mass is 19.1. The maximum Gasteiger partial charge on any atom is 0.250 e. The van der Waals surface area contributed by atoms with E-state index in [0.717, 1.165) is 31.2 Å². The van der Waals surface area contributed by atoms with Gasteiger partial charge in [-0.05, 0) is 42.5 Å². The van der Waals surface area contributed by atoms with E-state index in [9.17, 15) is 14.0 Å². The van der Waals surface area contributed by atoms with Crippen molar-refractivity contribution in [1.82, 2.24) is 9.80 Å². The van der Waals surface area contributed by atoms with Gasteiger partial charge in [0.1, 0.15) is 18.4 Å². The summed E-state index contributed by atoms with van der Waals surface area (Å²) in [5, 5.41) is 0. The van der Waals surface area contributed by atoms with E-state index < -0.39 is 6.04 Å². The molecule has 1 saturated carbocycles. The molecule has 1 heterocycles. The quantitative estimate of drug-likeness (QED) is 0.684. The van der Waals surface area contributed by atoms with Crippen LogP contribution < -0.4 is 0 Å². The molecule has 1 aliphatic heterocycles. The minimum Gasteiger partial charge on any atom is -0.328 e. The van der Waals surface area contributed by atoms with Crippen molar-refractivity contribution >= 4 is 11.8 Å². The van der Waals surface area contributed by atoms with Crippen molar-refractivity contribution in [2.75, 3.05) is 13.1 Å². The first-order valence-corrected chi connectivity index (χ1v) is 11.0. The second-order valence-electron chi connectivity index (χ2n) is 8.39. The zero-order valence-electron chi connectivity index (χ0n) is 17.3. The van der Waals surface area contributed by atoms with Gasteiger partial charge in [0.2, 0.25) is 5.91 Å². The predicted octanol–water partition coefficient (Wildman–Crippen LogP) is 4.50. The van der Waals surface area contributed by atoms with Gasteiger partial charge in [-0.3, -0.25) is 9.59 Å². The summed E-state index contributed by atoms with van der Waals surface area (Å²) in [4.78, 5) is 30.3. The molecule has 0 bridgehead atoms. The summed E-state index contributed by atoms with van der Waals surface area (Å²) in [6, 6.07) is 15.4. The first-order valence-electron chi connectivity index (χ1n) is 11.0. The molecule has 0 N–H and O–H groups in total. The van der Waals surface area contributed by atoms with Gasteiger partial charge < -0.3 is 9.80 Å². The number of hydrogen-bond acceptors (Lipinski definition) is 2. The van der Waals surface area contributed by atoms with Crippen LogP contribution in [0.2, 0.25) is 0 Å². The Morgan fingerprint density at radius 3 is 2.20 bits per heavy atom. The van der Waals surface area contributed by atoms with Gasteiger partial charge in [0.25, 0.3) is 5.91 Å². The summed E-state index contributed by atoms with van der Waals surface area (Å²) in [7, 11) is 0. The third-order valence-corrected chi connectivity index (χ3v) is 6.39. The van der Waals surface area contributed by atoms with Crippen molar-refractivity contribution < 1.29 is 14.0 Å². The van der Waals surface area contributed by atoms with E-state index in [-0.39, 0.29) is 30.2 Å². The fourth-order valence-electron chi connectivity index (χ4n) is 4.74. The van der Waals surface area contributed by atoms with Crippen molar-refractivity contribution in [2.24, 2.45) is 0 Å². The van der Waals surface area contributed by atoms with Crippen LogP contribution in [-0.2, 0) is 16.0 Å². The number of halogens is 1. The number of carbonyl (C=O) groups is 2. The fourth-order valence-corrected chi connectivity index (χ4v) is 4.74. The number of nitrogens with zero attached hydrogens (tertiary/aromatic N) is 2. The van der Waals surface area contributed by atoms with E-state index >= 15 is 0 Å². The number of rotatable bonds is 5. The monoisotopic (exact) mass is 408 g/mol. The maximum absolute atomic E-state index is 13.6. The molecule has 2 aliphatic rings. The molecular formula is C25H29FN2O2. The molecule has 4 nitrogen and oxygen atoms in total. The molecule has 0 radical (unpaired) electrons.